The van der Waals surface area contributed by atoms with E-state index in [1.54, 1.807) is 6.33 Å². The van der Waals surface area contributed by atoms with Gasteiger partial charge in [0.25, 0.3) is 0 Å². The maximum absolute atomic E-state index is 4.47. The molecule has 1 saturated heterocycles. The fourth-order valence-corrected chi connectivity index (χ4v) is 2.87. The third-order valence-corrected chi connectivity index (χ3v) is 4.25. The summed E-state index contributed by atoms with van der Waals surface area (Å²) in [4.78, 5) is 11.2. The Kier molecular flexibility index (Phi) is 4.81. The lowest BCUT2D eigenvalue weighted by Gasteiger charge is -2.36. The number of anilines is 2. The van der Waals surface area contributed by atoms with Crippen LogP contribution in [0.5, 0.6) is 0 Å². The van der Waals surface area contributed by atoms with Crippen molar-refractivity contribution in [3.8, 4) is 0 Å². The molecule has 5 heteroatoms. The molecule has 20 heavy (non-hydrogen) atoms. The van der Waals surface area contributed by atoms with Crippen molar-refractivity contribution in [3.05, 3.63) is 11.9 Å². The minimum Gasteiger partial charge on any atom is -0.373 e. The van der Waals surface area contributed by atoms with Gasteiger partial charge >= 0.3 is 0 Å². The van der Waals surface area contributed by atoms with E-state index in [-0.39, 0.29) is 0 Å². The lowest BCUT2D eigenvalue weighted by Crippen LogP contribution is -2.42. The van der Waals surface area contributed by atoms with Crippen molar-refractivity contribution >= 4 is 11.6 Å². The molecule has 0 aliphatic carbocycles. The summed E-state index contributed by atoms with van der Waals surface area (Å²) in [6.07, 6.45) is 3.96. The van der Waals surface area contributed by atoms with Crippen molar-refractivity contribution in [2.75, 3.05) is 31.3 Å². The van der Waals surface area contributed by atoms with E-state index in [4.69, 9.17) is 0 Å². The number of likely N-dealkylation sites (tertiary alicyclic amines) is 1. The summed E-state index contributed by atoms with van der Waals surface area (Å²) in [5.41, 5.74) is 1.18. The molecular weight excluding hydrogens is 250 g/mol. The summed E-state index contributed by atoms with van der Waals surface area (Å²) in [7, 11) is 4.11. The van der Waals surface area contributed by atoms with Crippen molar-refractivity contribution in [3.63, 3.8) is 0 Å². The minimum absolute atomic E-state index is 0.393. The summed E-state index contributed by atoms with van der Waals surface area (Å²) >= 11 is 0. The maximum Gasteiger partial charge on any atom is 0.135 e. The normalized spacial score (nSPS) is 23.9. The van der Waals surface area contributed by atoms with E-state index in [9.17, 15) is 0 Å². The molecule has 2 rings (SSSR count). The van der Waals surface area contributed by atoms with Gasteiger partial charge in [-0.25, -0.2) is 9.97 Å². The largest absolute Gasteiger partial charge is 0.373 e. The van der Waals surface area contributed by atoms with Crippen LogP contribution in [-0.4, -0.2) is 47.6 Å². The molecule has 0 amide bonds. The van der Waals surface area contributed by atoms with Crippen LogP contribution in [0.4, 0.5) is 11.6 Å². The molecule has 1 aliphatic heterocycles. The van der Waals surface area contributed by atoms with Gasteiger partial charge in [0.2, 0.25) is 0 Å². The van der Waals surface area contributed by atoms with Gasteiger partial charge in [-0.3, -0.25) is 0 Å². The van der Waals surface area contributed by atoms with E-state index in [2.05, 4.69) is 53.3 Å². The number of rotatable bonds is 4. The first-order valence-corrected chi connectivity index (χ1v) is 7.52. The number of hydrogen-bond donors (Lipinski definition) is 2. The molecule has 2 heterocycles. The average molecular weight is 277 g/mol. The van der Waals surface area contributed by atoms with E-state index in [0.29, 0.717) is 18.0 Å². The van der Waals surface area contributed by atoms with Crippen LogP contribution in [0, 0.1) is 0 Å². The molecule has 2 unspecified atom stereocenters. The molecule has 1 aromatic rings. The van der Waals surface area contributed by atoms with Crippen LogP contribution >= 0.6 is 0 Å². The van der Waals surface area contributed by atoms with E-state index in [1.807, 2.05) is 7.05 Å². The highest BCUT2D eigenvalue weighted by atomic mass is 15.2. The predicted molar refractivity (Wildman–Crippen MR) is 84.4 cm³/mol. The van der Waals surface area contributed by atoms with Crippen LogP contribution in [0.15, 0.2) is 6.33 Å². The Bertz CT molecular complexity index is 446. The molecule has 1 aromatic heterocycles. The van der Waals surface area contributed by atoms with Gasteiger partial charge in [-0.1, -0.05) is 13.8 Å². The predicted octanol–water partition coefficient (Wildman–Crippen LogP) is 2.54. The topological polar surface area (TPSA) is 53.1 Å². The first-order valence-electron chi connectivity index (χ1n) is 7.52. The zero-order chi connectivity index (χ0) is 14.7. The Morgan fingerprint density at radius 2 is 2.00 bits per heavy atom. The summed E-state index contributed by atoms with van der Waals surface area (Å²) < 4.78 is 0. The standard InChI is InChI=1S/C15H27N5/c1-10(2)13-14(16-4)17-9-18-15(13)19-12-6-7-20(5)11(3)8-12/h9-12H,6-8H2,1-5H3,(H2,16,17,18,19). The third-order valence-electron chi connectivity index (χ3n) is 4.25. The Morgan fingerprint density at radius 1 is 1.30 bits per heavy atom. The second-order valence-electron chi connectivity index (χ2n) is 6.08. The quantitative estimate of drug-likeness (QED) is 0.886. The molecule has 1 aliphatic rings. The zero-order valence-corrected chi connectivity index (χ0v) is 13.3. The fourth-order valence-electron chi connectivity index (χ4n) is 2.87. The van der Waals surface area contributed by atoms with Crippen molar-refractivity contribution < 1.29 is 0 Å². The molecule has 0 bridgehead atoms. The molecule has 5 nitrogen and oxygen atoms in total. The molecule has 2 N–H and O–H groups in total. The molecule has 112 valence electrons. The molecule has 0 saturated carbocycles. The van der Waals surface area contributed by atoms with Gasteiger partial charge in [0.1, 0.15) is 18.0 Å². The molecule has 2 atom stereocenters. The smallest absolute Gasteiger partial charge is 0.135 e. The van der Waals surface area contributed by atoms with Gasteiger partial charge < -0.3 is 15.5 Å². The molecule has 1 fully saturated rings. The molecule has 0 spiro atoms. The second kappa shape index (κ2) is 6.39. The van der Waals surface area contributed by atoms with Crippen molar-refractivity contribution in [2.45, 2.75) is 51.6 Å². The average Bonchev–Trinajstić information content (AvgIpc) is 2.42. The number of nitrogens with one attached hydrogen (secondary N) is 2. The maximum atomic E-state index is 4.47. The van der Waals surface area contributed by atoms with Gasteiger partial charge in [0, 0.05) is 31.2 Å². The lowest BCUT2D eigenvalue weighted by atomic mass is 9.98. The highest BCUT2D eigenvalue weighted by Crippen LogP contribution is 2.29. The van der Waals surface area contributed by atoms with Gasteiger partial charge in [0.15, 0.2) is 0 Å². The Hall–Kier alpha value is -1.36. The molecule has 0 aromatic carbocycles. The summed E-state index contributed by atoms with van der Waals surface area (Å²) in [5.74, 6) is 2.31. The Morgan fingerprint density at radius 3 is 2.60 bits per heavy atom. The first kappa shape index (κ1) is 15.0. The van der Waals surface area contributed by atoms with Crippen molar-refractivity contribution in [1.29, 1.82) is 0 Å². The number of aromatic nitrogens is 2. The first-order chi connectivity index (χ1) is 9.52. The fraction of sp³-hybridized carbons (Fsp3) is 0.733. The monoisotopic (exact) mass is 277 g/mol. The van der Waals surface area contributed by atoms with E-state index in [0.717, 1.165) is 31.0 Å². The van der Waals surface area contributed by atoms with Crippen LogP contribution < -0.4 is 10.6 Å². The Balaban J connectivity index is 2.17. The Labute approximate surface area is 122 Å². The second-order valence-corrected chi connectivity index (χ2v) is 6.08. The number of nitrogens with zero attached hydrogens (tertiary/aromatic N) is 3. The van der Waals surface area contributed by atoms with Crippen molar-refractivity contribution in [2.24, 2.45) is 0 Å². The summed E-state index contributed by atoms with van der Waals surface area (Å²) in [5, 5.41) is 6.81. The van der Waals surface area contributed by atoms with E-state index in [1.165, 1.54) is 5.56 Å². The van der Waals surface area contributed by atoms with Crippen LogP contribution in [0.2, 0.25) is 0 Å². The number of piperidine rings is 1. The van der Waals surface area contributed by atoms with Gasteiger partial charge in [-0.05, 0) is 32.7 Å². The summed E-state index contributed by atoms with van der Waals surface area (Å²) in [6, 6.07) is 1.12. The van der Waals surface area contributed by atoms with E-state index < -0.39 is 0 Å². The van der Waals surface area contributed by atoms with Crippen LogP contribution in [0.1, 0.15) is 45.1 Å². The minimum atomic E-state index is 0.393. The van der Waals surface area contributed by atoms with Gasteiger partial charge in [-0.2, -0.15) is 0 Å². The van der Waals surface area contributed by atoms with Crippen LogP contribution in [0.3, 0.4) is 0 Å². The summed E-state index contributed by atoms with van der Waals surface area (Å²) in [6.45, 7) is 7.79. The lowest BCUT2D eigenvalue weighted by molar-refractivity contribution is 0.190. The molecular formula is C15H27N5. The van der Waals surface area contributed by atoms with Crippen LogP contribution in [-0.2, 0) is 0 Å². The highest BCUT2D eigenvalue weighted by Gasteiger charge is 2.24. The van der Waals surface area contributed by atoms with Crippen LogP contribution in [0.25, 0.3) is 0 Å². The van der Waals surface area contributed by atoms with Gasteiger partial charge in [0.05, 0.1) is 0 Å². The SMILES string of the molecule is CNc1ncnc(NC2CCN(C)C(C)C2)c1C(C)C. The molecule has 0 radical (unpaired) electrons. The number of hydrogen-bond acceptors (Lipinski definition) is 5. The third kappa shape index (κ3) is 3.20. The highest BCUT2D eigenvalue weighted by molar-refractivity contribution is 5.59. The van der Waals surface area contributed by atoms with Crippen molar-refractivity contribution in [1.82, 2.24) is 14.9 Å². The van der Waals surface area contributed by atoms with Gasteiger partial charge in [-0.15, -0.1) is 0 Å². The zero-order valence-electron chi connectivity index (χ0n) is 13.3. The van der Waals surface area contributed by atoms with E-state index >= 15 is 0 Å².